The molecule has 0 aliphatic heterocycles. The molecule has 1 N–H and O–H groups in total. The van der Waals surface area contributed by atoms with E-state index in [2.05, 4.69) is 35.5 Å². The van der Waals surface area contributed by atoms with Crippen LogP contribution in [0.3, 0.4) is 0 Å². The summed E-state index contributed by atoms with van der Waals surface area (Å²) in [6, 6.07) is 9.67. The van der Waals surface area contributed by atoms with E-state index in [4.69, 9.17) is 4.74 Å². The van der Waals surface area contributed by atoms with Gasteiger partial charge in [-0.2, -0.15) is 28.0 Å². The predicted octanol–water partition coefficient (Wildman–Crippen LogP) is 5.96. The largest absolute Gasteiger partial charge is 0.443 e. The molecule has 0 spiro atoms. The monoisotopic (exact) mass is 694 g/mol. The van der Waals surface area contributed by atoms with Gasteiger partial charge < -0.3 is 10.1 Å². The molecular formula is C35H32F2N10O4. The first-order chi connectivity index (χ1) is 24.5. The molecule has 0 saturated heterocycles. The summed E-state index contributed by atoms with van der Waals surface area (Å²) in [5.41, 5.74) is 2.76. The number of carbonyl (C=O) groups is 3. The number of hydrogen-bond acceptors (Lipinski definition) is 11. The van der Waals surface area contributed by atoms with Crippen LogP contribution in [-0.4, -0.2) is 75.5 Å². The Labute approximate surface area is 289 Å². The Balaban J connectivity index is 0.000000165. The van der Waals surface area contributed by atoms with Gasteiger partial charge in [0.2, 0.25) is 11.9 Å². The molecule has 14 nitrogen and oxygen atoms in total. The van der Waals surface area contributed by atoms with Gasteiger partial charge >= 0.3 is 6.09 Å². The van der Waals surface area contributed by atoms with Crippen LogP contribution >= 0.6 is 0 Å². The maximum atomic E-state index is 13.7. The predicted molar refractivity (Wildman–Crippen MR) is 182 cm³/mol. The third-order valence-corrected chi connectivity index (χ3v) is 7.96. The van der Waals surface area contributed by atoms with Crippen LogP contribution in [0, 0.1) is 11.9 Å². The van der Waals surface area contributed by atoms with Crippen LogP contribution in [0.4, 0.5) is 25.2 Å². The Morgan fingerprint density at radius 2 is 1.39 bits per heavy atom. The number of carbonyl (C=O) groups excluding carboxylic acids is 3. The summed E-state index contributed by atoms with van der Waals surface area (Å²) < 4.78 is 35.6. The van der Waals surface area contributed by atoms with E-state index < -0.39 is 23.6 Å². The number of nitrogens with zero attached hydrogens (tertiary/aromatic N) is 9. The normalized spacial score (nSPS) is 14.1. The molecule has 6 heterocycles. The molecule has 6 aromatic heterocycles. The number of amides is 1. The fourth-order valence-corrected chi connectivity index (χ4v) is 5.31. The number of ether oxygens (including phenoxy) is 1. The Kier molecular flexibility index (Phi) is 8.66. The topological polar surface area (TPSA) is 162 Å². The van der Waals surface area contributed by atoms with E-state index in [0.717, 1.165) is 31.5 Å². The first-order valence-electron chi connectivity index (χ1n) is 16.2. The van der Waals surface area contributed by atoms with Gasteiger partial charge in [-0.05, 0) is 58.6 Å². The van der Waals surface area contributed by atoms with Crippen molar-refractivity contribution in [3.63, 3.8) is 0 Å². The first-order valence-corrected chi connectivity index (χ1v) is 16.2. The van der Waals surface area contributed by atoms with E-state index in [0.29, 0.717) is 58.2 Å². The molecule has 8 rings (SSSR count). The van der Waals surface area contributed by atoms with Gasteiger partial charge in [0.1, 0.15) is 17.2 Å². The van der Waals surface area contributed by atoms with Gasteiger partial charge in [0.25, 0.3) is 0 Å². The minimum absolute atomic E-state index is 0.0404. The summed E-state index contributed by atoms with van der Waals surface area (Å²) in [6.07, 6.45) is 10.3. The summed E-state index contributed by atoms with van der Waals surface area (Å²) >= 11 is 0. The number of halogens is 2. The molecule has 1 amide bonds. The first kappa shape index (κ1) is 33.3. The van der Waals surface area contributed by atoms with Crippen LogP contribution < -0.4 is 10.2 Å². The average molecular weight is 695 g/mol. The number of anilines is 2. The van der Waals surface area contributed by atoms with E-state index in [1.54, 1.807) is 43.5 Å². The number of fused-ring (bicyclic) bond motifs is 2. The van der Waals surface area contributed by atoms with E-state index in [9.17, 15) is 23.2 Å². The Morgan fingerprint density at radius 1 is 0.843 bits per heavy atom. The van der Waals surface area contributed by atoms with Gasteiger partial charge in [0.15, 0.2) is 23.9 Å². The SMILES string of the molecule is CC(C)(C)OC(=O)N(c1cc(-c2ccnc(F)c2)nc2c(C=O)cnn12)C1CC1.O=Cc1cnn2c(NC3CC3)cc(-c3ccnc(F)c3)nc12. The van der Waals surface area contributed by atoms with Crippen LogP contribution in [-0.2, 0) is 4.74 Å². The van der Waals surface area contributed by atoms with E-state index >= 15 is 0 Å². The lowest BCUT2D eigenvalue weighted by Crippen LogP contribution is -2.39. The zero-order valence-electron chi connectivity index (χ0n) is 27.8. The molecule has 2 aliphatic rings. The quantitative estimate of drug-likeness (QED) is 0.148. The lowest BCUT2D eigenvalue weighted by Gasteiger charge is -2.27. The lowest BCUT2D eigenvalue weighted by molar-refractivity contribution is 0.0575. The highest BCUT2D eigenvalue weighted by atomic mass is 19.1. The van der Waals surface area contributed by atoms with Gasteiger partial charge in [0.05, 0.1) is 34.9 Å². The molecule has 260 valence electrons. The van der Waals surface area contributed by atoms with Crippen LogP contribution in [0.5, 0.6) is 0 Å². The summed E-state index contributed by atoms with van der Waals surface area (Å²) in [7, 11) is 0. The molecular weight excluding hydrogens is 662 g/mol. The molecule has 0 aromatic carbocycles. The smallest absolute Gasteiger partial charge is 0.416 e. The number of hydrogen-bond donors (Lipinski definition) is 1. The van der Waals surface area contributed by atoms with Crippen molar-refractivity contribution in [2.24, 2.45) is 0 Å². The Bertz CT molecular complexity index is 2290. The second-order valence-corrected chi connectivity index (χ2v) is 13.2. The number of nitrogens with one attached hydrogen (secondary N) is 1. The zero-order chi connectivity index (χ0) is 35.9. The van der Waals surface area contributed by atoms with Crippen molar-refractivity contribution in [2.75, 3.05) is 10.2 Å². The van der Waals surface area contributed by atoms with Crippen molar-refractivity contribution in [3.8, 4) is 22.5 Å². The molecule has 51 heavy (non-hydrogen) atoms. The maximum Gasteiger partial charge on any atom is 0.416 e. The highest BCUT2D eigenvalue weighted by Gasteiger charge is 2.38. The molecule has 2 fully saturated rings. The summed E-state index contributed by atoms with van der Waals surface area (Å²) in [5, 5.41) is 11.8. The second kappa shape index (κ2) is 13.3. The maximum absolute atomic E-state index is 13.7. The van der Waals surface area contributed by atoms with Crippen molar-refractivity contribution < 1.29 is 27.9 Å². The van der Waals surface area contributed by atoms with Gasteiger partial charge in [-0.3, -0.25) is 14.5 Å². The zero-order valence-corrected chi connectivity index (χ0v) is 27.8. The van der Waals surface area contributed by atoms with E-state index in [1.807, 2.05) is 6.07 Å². The van der Waals surface area contributed by atoms with Gasteiger partial charge in [-0.25, -0.2) is 24.7 Å². The molecule has 16 heteroatoms. The Hall–Kier alpha value is -6.19. The van der Waals surface area contributed by atoms with Crippen molar-refractivity contribution in [1.82, 2.24) is 39.2 Å². The van der Waals surface area contributed by atoms with Crippen molar-refractivity contribution >= 4 is 41.6 Å². The van der Waals surface area contributed by atoms with Crippen LogP contribution in [0.25, 0.3) is 33.8 Å². The van der Waals surface area contributed by atoms with Crippen molar-refractivity contribution in [1.29, 1.82) is 0 Å². The molecule has 2 saturated carbocycles. The highest BCUT2D eigenvalue weighted by Crippen LogP contribution is 2.35. The molecule has 2 aliphatic carbocycles. The van der Waals surface area contributed by atoms with E-state index in [-0.39, 0.29) is 17.3 Å². The third kappa shape index (κ3) is 7.25. The van der Waals surface area contributed by atoms with Crippen LogP contribution in [0.1, 0.15) is 67.2 Å². The third-order valence-electron chi connectivity index (χ3n) is 7.96. The lowest BCUT2D eigenvalue weighted by atomic mass is 10.2. The Morgan fingerprint density at radius 3 is 1.90 bits per heavy atom. The summed E-state index contributed by atoms with van der Waals surface area (Å²) in [4.78, 5) is 53.1. The summed E-state index contributed by atoms with van der Waals surface area (Å²) in [5.74, 6) is -0.0686. The minimum Gasteiger partial charge on any atom is -0.443 e. The fourth-order valence-electron chi connectivity index (χ4n) is 5.31. The molecule has 0 unspecified atom stereocenters. The standard InChI is InChI=1S/C20H20FN5O3.C15H12FN5O/c1-20(2,3)29-19(28)25(14-4-5-14)17-9-15(12-6-7-22-16(21)8-12)24-18-13(11-27)10-23-26(17)18;16-13-5-9(3-4-17-13)12-6-14(19-11-1-2-11)21-15(20-12)10(8-22)7-18-21/h6-11,14H,4-5H2,1-3H3;3-8,11,19H,1-2H2. The van der Waals surface area contributed by atoms with Crippen molar-refractivity contribution in [2.45, 2.75) is 64.1 Å². The van der Waals surface area contributed by atoms with Gasteiger partial charge in [-0.15, -0.1) is 0 Å². The van der Waals surface area contributed by atoms with Gasteiger partial charge in [-0.1, -0.05) is 0 Å². The highest BCUT2D eigenvalue weighted by molar-refractivity contribution is 5.91. The van der Waals surface area contributed by atoms with Crippen LogP contribution in [0.2, 0.25) is 0 Å². The van der Waals surface area contributed by atoms with Gasteiger partial charge in [0, 0.05) is 59.9 Å². The number of pyridine rings is 2. The minimum atomic E-state index is -0.675. The number of aldehydes is 2. The molecule has 6 aromatic rings. The number of rotatable bonds is 8. The molecule has 0 radical (unpaired) electrons. The van der Waals surface area contributed by atoms with Crippen LogP contribution in [0.15, 0.2) is 61.2 Å². The van der Waals surface area contributed by atoms with E-state index in [1.165, 1.54) is 46.3 Å². The van der Waals surface area contributed by atoms with Crippen molar-refractivity contribution in [3.05, 3.63) is 84.2 Å². The number of aromatic nitrogens is 8. The second-order valence-electron chi connectivity index (χ2n) is 13.2. The fraction of sp³-hybridized carbons (Fsp3) is 0.286. The average Bonchev–Trinajstić information content (AvgIpc) is 4.02. The molecule has 0 atom stereocenters. The summed E-state index contributed by atoms with van der Waals surface area (Å²) in [6.45, 7) is 5.38. The molecule has 0 bridgehead atoms.